The van der Waals surface area contributed by atoms with Gasteiger partial charge in [0.2, 0.25) is 17.7 Å². The first-order valence-corrected chi connectivity index (χ1v) is 13.5. The molecule has 7 nitrogen and oxygen atoms in total. The maximum Gasteiger partial charge on any atom is 0.251 e. The molecule has 2 aromatic carbocycles. The summed E-state index contributed by atoms with van der Waals surface area (Å²) in [6, 6.07) is 8.70. The molecule has 0 aromatic heterocycles. The molecule has 210 valence electrons. The Morgan fingerprint density at radius 2 is 1.67 bits per heavy atom. The molecule has 0 spiro atoms. The van der Waals surface area contributed by atoms with Gasteiger partial charge in [0.15, 0.2) is 0 Å². The molecule has 4 rings (SSSR count). The highest BCUT2D eigenvalue weighted by molar-refractivity contribution is 5.95. The van der Waals surface area contributed by atoms with Crippen molar-refractivity contribution in [3.63, 3.8) is 0 Å². The van der Waals surface area contributed by atoms with Crippen LogP contribution in [0, 0.1) is 11.7 Å². The van der Waals surface area contributed by atoms with Gasteiger partial charge in [-0.25, -0.2) is 13.2 Å². The van der Waals surface area contributed by atoms with E-state index in [9.17, 15) is 32.7 Å². The number of hydrogen-bond donors (Lipinski definition) is 3. The molecular weight excluding hydrogens is 511 g/mol. The van der Waals surface area contributed by atoms with Crippen LogP contribution in [0.15, 0.2) is 36.4 Å². The van der Waals surface area contributed by atoms with Gasteiger partial charge in [-0.05, 0) is 68.0 Å². The fourth-order valence-electron chi connectivity index (χ4n) is 5.14. The molecule has 10 heteroatoms. The van der Waals surface area contributed by atoms with E-state index in [0.29, 0.717) is 38.9 Å². The van der Waals surface area contributed by atoms with Crippen molar-refractivity contribution in [3.05, 3.63) is 53.3 Å². The van der Waals surface area contributed by atoms with Gasteiger partial charge in [-0.3, -0.25) is 14.4 Å². The lowest BCUT2D eigenvalue weighted by molar-refractivity contribution is -0.140. The highest BCUT2D eigenvalue weighted by Gasteiger charge is 2.38. The van der Waals surface area contributed by atoms with Crippen LogP contribution < -0.4 is 10.6 Å². The number of aromatic hydroxyl groups is 1. The van der Waals surface area contributed by atoms with Gasteiger partial charge >= 0.3 is 0 Å². The first-order chi connectivity index (χ1) is 18.6. The van der Waals surface area contributed by atoms with Crippen LogP contribution in [0.25, 0.3) is 11.1 Å². The van der Waals surface area contributed by atoms with Crippen molar-refractivity contribution in [2.75, 3.05) is 26.2 Å². The lowest BCUT2D eigenvalue weighted by atomic mass is 9.86. The first-order valence-electron chi connectivity index (χ1n) is 13.5. The molecule has 2 aliphatic rings. The first kappa shape index (κ1) is 28.4. The molecular formula is C29H34F3N3O4. The number of hydrogen-bond acceptors (Lipinski definition) is 4. The number of carbonyl (C=O) groups is 3. The zero-order valence-corrected chi connectivity index (χ0v) is 21.8. The minimum absolute atomic E-state index is 0.0822. The Morgan fingerprint density at radius 3 is 2.44 bits per heavy atom. The van der Waals surface area contributed by atoms with Crippen LogP contribution in [0.2, 0.25) is 0 Å². The second kappa shape index (κ2) is 12.5. The molecule has 3 N–H and O–H groups in total. The van der Waals surface area contributed by atoms with E-state index in [1.165, 1.54) is 24.3 Å². The summed E-state index contributed by atoms with van der Waals surface area (Å²) in [6.45, 7) is 1.18. The van der Waals surface area contributed by atoms with Crippen LogP contribution in [0.3, 0.4) is 0 Å². The average Bonchev–Trinajstić information content (AvgIpc) is 2.90. The van der Waals surface area contributed by atoms with Gasteiger partial charge in [0.05, 0.1) is 0 Å². The summed E-state index contributed by atoms with van der Waals surface area (Å²) in [5.41, 5.74) is 1.32. The number of amides is 3. The number of alkyl halides is 2. The Balaban J connectivity index is 1.51. The summed E-state index contributed by atoms with van der Waals surface area (Å²) in [5, 5.41) is 16.0. The number of carbonyl (C=O) groups excluding carboxylic acids is 3. The van der Waals surface area contributed by atoms with Crippen molar-refractivity contribution in [1.29, 1.82) is 0 Å². The summed E-state index contributed by atoms with van der Waals surface area (Å²) in [4.78, 5) is 40.0. The largest absolute Gasteiger partial charge is 0.507 e. The van der Waals surface area contributed by atoms with Crippen molar-refractivity contribution >= 4 is 17.7 Å². The van der Waals surface area contributed by atoms with E-state index in [1.54, 1.807) is 17.0 Å². The van der Waals surface area contributed by atoms with Crippen molar-refractivity contribution < 1.29 is 32.7 Å². The van der Waals surface area contributed by atoms with Crippen molar-refractivity contribution in [2.45, 2.75) is 57.3 Å². The summed E-state index contributed by atoms with van der Waals surface area (Å²) in [6.07, 6.45) is 1.11. The number of phenolic OH excluding ortho intramolecular Hbond substituents is 1. The zero-order valence-electron chi connectivity index (χ0n) is 21.8. The lowest BCUT2D eigenvalue weighted by Crippen LogP contribution is -2.41. The van der Waals surface area contributed by atoms with Gasteiger partial charge < -0.3 is 20.6 Å². The zero-order chi connectivity index (χ0) is 28.0. The number of nitrogens with zero attached hydrogens (tertiary/aromatic N) is 1. The summed E-state index contributed by atoms with van der Waals surface area (Å²) < 4.78 is 42.0. The summed E-state index contributed by atoms with van der Waals surface area (Å²) in [7, 11) is 0. The Kier molecular flexibility index (Phi) is 9.14. The number of fused-ring (bicyclic) bond motifs is 5. The molecule has 0 unspecified atom stereocenters. The average molecular weight is 546 g/mol. The Hall–Kier alpha value is -3.56. The predicted molar refractivity (Wildman–Crippen MR) is 140 cm³/mol. The molecule has 1 aliphatic carbocycles. The van der Waals surface area contributed by atoms with E-state index >= 15 is 0 Å². The molecule has 1 aliphatic heterocycles. The molecule has 1 heterocycles. The van der Waals surface area contributed by atoms with Gasteiger partial charge in [0, 0.05) is 68.0 Å². The van der Waals surface area contributed by atoms with Crippen LogP contribution in [0.1, 0.15) is 60.9 Å². The van der Waals surface area contributed by atoms with Gasteiger partial charge in [-0.2, -0.15) is 0 Å². The highest BCUT2D eigenvalue weighted by atomic mass is 19.3. The van der Waals surface area contributed by atoms with E-state index in [0.717, 1.165) is 5.56 Å². The molecule has 4 bridgehead atoms. The van der Waals surface area contributed by atoms with Crippen molar-refractivity contribution in [3.8, 4) is 16.9 Å². The van der Waals surface area contributed by atoms with Crippen LogP contribution in [0.5, 0.6) is 5.75 Å². The fraction of sp³-hybridized carbons (Fsp3) is 0.483. The minimum Gasteiger partial charge on any atom is -0.507 e. The van der Waals surface area contributed by atoms with Gasteiger partial charge in [0.1, 0.15) is 11.6 Å². The number of halogens is 3. The van der Waals surface area contributed by atoms with E-state index < -0.39 is 23.6 Å². The second-order valence-electron chi connectivity index (χ2n) is 10.3. The number of nitrogens with one attached hydrogen (secondary N) is 2. The molecule has 39 heavy (non-hydrogen) atoms. The Labute approximate surface area is 225 Å². The summed E-state index contributed by atoms with van der Waals surface area (Å²) in [5.74, 6) is -4.71. The van der Waals surface area contributed by atoms with Gasteiger partial charge in [-0.1, -0.05) is 6.07 Å². The van der Waals surface area contributed by atoms with E-state index in [4.69, 9.17) is 0 Å². The van der Waals surface area contributed by atoms with Gasteiger partial charge in [0.25, 0.3) is 5.91 Å². The fourth-order valence-corrected chi connectivity index (χ4v) is 5.14. The second-order valence-corrected chi connectivity index (χ2v) is 10.3. The third kappa shape index (κ3) is 7.52. The number of rotatable bonds is 1. The SMILES string of the molecule is O=C1CCCN(C(=O)C2CCC(F)(F)CC2)CCCNC(=O)c2ccc(F)c(c2)-c2cc(ccc2O)CCN1. The number of benzene rings is 2. The monoisotopic (exact) mass is 545 g/mol. The van der Waals surface area contributed by atoms with E-state index in [1.807, 2.05) is 0 Å². The van der Waals surface area contributed by atoms with E-state index in [-0.39, 0.29) is 72.9 Å². The maximum absolute atomic E-state index is 14.7. The minimum atomic E-state index is -2.73. The Bertz CT molecular complexity index is 1210. The summed E-state index contributed by atoms with van der Waals surface area (Å²) >= 11 is 0. The normalized spacial score (nSPS) is 19.7. The molecule has 1 fully saturated rings. The molecule has 0 saturated heterocycles. The van der Waals surface area contributed by atoms with Crippen molar-refractivity contribution in [1.82, 2.24) is 15.5 Å². The lowest BCUT2D eigenvalue weighted by Gasteiger charge is -2.32. The topological polar surface area (TPSA) is 98.7 Å². The van der Waals surface area contributed by atoms with E-state index in [2.05, 4.69) is 10.6 Å². The van der Waals surface area contributed by atoms with Crippen LogP contribution in [0.4, 0.5) is 13.2 Å². The van der Waals surface area contributed by atoms with Gasteiger partial charge in [-0.15, -0.1) is 0 Å². The smallest absolute Gasteiger partial charge is 0.251 e. The molecule has 2 aromatic rings. The molecule has 0 atom stereocenters. The Morgan fingerprint density at radius 1 is 0.923 bits per heavy atom. The maximum atomic E-state index is 14.7. The van der Waals surface area contributed by atoms with Crippen LogP contribution >= 0.6 is 0 Å². The van der Waals surface area contributed by atoms with Crippen LogP contribution in [-0.4, -0.2) is 59.8 Å². The third-order valence-electron chi connectivity index (χ3n) is 7.42. The van der Waals surface area contributed by atoms with Crippen LogP contribution in [-0.2, 0) is 16.0 Å². The molecule has 1 saturated carbocycles. The highest BCUT2D eigenvalue weighted by Crippen LogP contribution is 2.37. The number of phenols is 1. The standard InChI is InChI=1S/C29H34F3N3O4/c30-24-6-5-21-18-22(24)23-17-19(4-7-25(23)36)10-14-33-26(37)3-1-15-35(16-2-13-34-27(21)38)28(39)20-8-11-29(31,32)12-9-20/h4-7,17-18,20,36H,1-3,8-16H2,(H,33,37)(H,34,38). The van der Waals surface area contributed by atoms with Crippen molar-refractivity contribution in [2.24, 2.45) is 5.92 Å². The predicted octanol–water partition coefficient (Wildman–Crippen LogP) is 4.42. The molecule has 3 amide bonds. The third-order valence-corrected chi connectivity index (χ3v) is 7.42. The quantitative estimate of drug-likeness (QED) is 0.494. The molecule has 0 radical (unpaired) electrons.